The standard InChI is InChI=1S/2C12H22N2O/c2*1-11(2,3)9-10(12(4,5)6)14-8(15)7-13-9/h2*7,9-10H,1-6H3,(H,14,15). The molecule has 2 heterocycles. The molecule has 2 rings (SSSR count). The summed E-state index contributed by atoms with van der Waals surface area (Å²) in [6, 6.07) is 0.510. The molecule has 0 aromatic rings. The molecule has 0 radical (unpaired) electrons. The molecule has 2 aliphatic rings. The van der Waals surface area contributed by atoms with E-state index in [1.165, 1.54) is 12.4 Å². The Morgan fingerprint density at radius 1 is 0.567 bits per heavy atom. The van der Waals surface area contributed by atoms with Gasteiger partial charge >= 0.3 is 0 Å². The average molecular weight is 421 g/mol. The van der Waals surface area contributed by atoms with E-state index in [1.807, 2.05) is 0 Å². The molecule has 30 heavy (non-hydrogen) atoms. The van der Waals surface area contributed by atoms with E-state index >= 15 is 0 Å². The zero-order chi connectivity index (χ0) is 23.7. The molecule has 0 saturated carbocycles. The van der Waals surface area contributed by atoms with Crippen LogP contribution < -0.4 is 10.6 Å². The number of nitrogens with zero attached hydrogens (tertiary/aromatic N) is 2. The first-order chi connectivity index (χ1) is 13.2. The van der Waals surface area contributed by atoms with Gasteiger partial charge in [-0.2, -0.15) is 0 Å². The quantitative estimate of drug-likeness (QED) is 0.620. The van der Waals surface area contributed by atoms with Crippen molar-refractivity contribution in [1.29, 1.82) is 0 Å². The molecule has 0 bridgehead atoms. The lowest BCUT2D eigenvalue weighted by Crippen LogP contribution is -2.57. The van der Waals surface area contributed by atoms with Crippen LogP contribution in [0.25, 0.3) is 0 Å². The number of nitrogens with one attached hydrogen (secondary N) is 2. The second kappa shape index (κ2) is 8.80. The molecular formula is C24H44N4O2. The van der Waals surface area contributed by atoms with E-state index in [1.54, 1.807) is 0 Å². The molecule has 0 fully saturated rings. The molecule has 2 amide bonds. The van der Waals surface area contributed by atoms with E-state index in [9.17, 15) is 9.59 Å². The molecule has 0 aromatic carbocycles. The minimum Gasteiger partial charge on any atom is -0.346 e. The van der Waals surface area contributed by atoms with Gasteiger partial charge in [-0.3, -0.25) is 19.6 Å². The Balaban J connectivity index is 0.000000300. The summed E-state index contributed by atoms with van der Waals surface area (Å²) in [5, 5.41) is 6.05. The van der Waals surface area contributed by atoms with Crippen LogP contribution in [0.2, 0.25) is 0 Å². The third kappa shape index (κ3) is 7.21. The Labute approximate surface area is 183 Å². The second-order valence-corrected chi connectivity index (χ2v) is 12.9. The Hall–Kier alpha value is -1.72. The van der Waals surface area contributed by atoms with Crippen molar-refractivity contribution in [2.45, 2.75) is 107 Å². The second-order valence-electron chi connectivity index (χ2n) is 12.9. The predicted octanol–water partition coefficient (Wildman–Crippen LogP) is 4.03. The topological polar surface area (TPSA) is 82.9 Å². The lowest BCUT2D eigenvalue weighted by Gasteiger charge is -2.43. The van der Waals surface area contributed by atoms with E-state index in [2.05, 4.69) is 104 Å². The zero-order valence-corrected chi connectivity index (χ0v) is 21.2. The van der Waals surface area contributed by atoms with Crippen LogP contribution >= 0.6 is 0 Å². The van der Waals surface area contributed by atoms with Crippen molar-refractivity contribution >= 4 is 24.2 Å². The smallest absolute Gasteiger partial charge is 0.262 e. The van der Waals surface area contributed by atoms with Crippen molar-refractivity contribution < 1.29 is 9.59 Å². The molecule has 6 nitrogen and oxygen atoms in total. The Kier molecular flexibility index (Phi) is 7.72. The van der Waals surface area contributed by atoms with Crippen molar-refractivity contribution in [1.82, 2.24) is 10.6 Å². The van der Waals surface area contributed by atoms with Crippen LogP contribution in [0.3, 0.4) is 0 Å². The Morgan fingerprint density at radius 2 is 0.833 bits per heavy atom. The summed E-state index contributed by atoms with van der Waals surface area (Å²) < 4.78 is 0. The van der Waals surface area contributed by atoms with E-state index in [4.69, 9.17) is 0 Å². The maximum Gasteiger partial charge on any atom is 0.262 e. The van der Waals surface area contributed by atoms with Crippen molar-refractivity contribution in [2.24, 2.45) is 31.6 Å². The van der Waals surface area contributed by atoms with Crippen molar-refractivity contribution in [2.75, 3.05) is 0 Å². The number of hydrogen-bond acceptors (Lipinski definition) is 4. The third-order valence-corrected chi connectivity index (χ3v) is 5.57. The van der Waals surface area contributed by atoms with Crippen LogP contribution in [0.15, 0.2) is 9.98 Å². The van der Waals surface area contributed by atoms with Crippen LogP contribution in [0.5, 0.6) is 0 Å². The Morgan fingerprint density at radius 3 is 1.03 bits per heavy atom. The highest BCUT2D eigenvalue weighted by Crippen LogP contribution is 2.35. The number of aliphatic imine (C=N–C) groups is 2. The molecule has 2 N–H and O–H groups in total. The van der Waals surface area contributed by atoms with E-state index in [-0.39, 0.29) is 57.6 Å². The summed E-state index contributed by atoms with van der Waals surface area (Å²) in [4.78, 5) is 31.4. The van der Waals surface area contributed by atoms with Gasteiger partial charge in [-0.15, -0.1) is 0 Å². The van der Waals surface area contributed by atoms with Gasteiger partial charge < -0.3 is 10.6 Å². The fourth-order valence-electron chi connectivity index (χ4n) is 3.83. The number of rotatable bonds is 0. The summed E-state index contributed by atoms with van der Waals surface area (Å²) in [6.07, 6.45) is 2.83. The SMILES string of the molecule is CC(C)(C)C1N=CC(=O)NC1C(C)(C)C.CC(C)(C)C1N=CC(=O)NC1C(C)(C)C. The molecule has 0 spiro atoms. The summed E-state index contributed by atoms with van der Waals surface area (Å²) in [6.45, 7) is 25.8. The summed E-state index contributed by atoms with van der Waals surface area (Å²) in [5.74, 6) is -0.147. The van der Waals surface area contributed by atoms with Gasteiger partial charge in [0.1, 0.15) is 0 Å². The maximum atomic E-state index is 11.3. The first-order valence-corrected chi connectivity index (χ1v) is 10.9. The monoisotopic (exact) mass is 420 g/mol. The highest BCUT2D eigenvalue weighted by molar-refractivity contribution is 6.27. The molecule has 6 heteroatoms. The molecule has 2 aliphatic heterocycles. The van der Waals surface area contributed by atoms with E-state index < -0.39 is 0 Å². The van der Waals surface area contributed by atoms with Gasteiger partial charge in [-0.1, -0.05) is 83.1 Å². The molecular weight excluding hydrogens is 376 g/mol. The molecule has 4 unspecified atom stereocenters. The summed E-state index contributed by atoms with van der Waals surface area (Å²) in [5.41, 5.74) is 0.209. The minimum absolute atomic E-state index is 0.0331. The van der Waals surface area contributed by atoms with Gasteiger partial charge in [0.05, 0.1) is 36.6 Å². The predicted molar refractivity (Wildman–Crippen MR) is 126 cm³/mol. The van der Waals surface area contributed by atoms with E-state index in [0.717, 1.165) is 0 Å². The van der Waals surface area contributed by atoms with Crippen LogP contribution in [0, 0.1) is 21.7 Å². The van der Waals surface area contributed by atoms with Gasteiger partial charge in [0.2, 0.25) is 0 Å². The molecule has 4 atom stereocenters. The summed E-state index contributed by atoms with van der Waals surface area (Å²) in [7, 11) is 0. The normalized spacial score (nSPS) is 27.7. The lowest BCUT2D eigenvalue weighted by atomic mass is 9.72. The van der Waals surface area contributed by atoms with Crippen molar-refractivity contribution in [3.63, 3.8) is 0 Å². The molecule has 0 saturated heterocycles. The van der Waals surface area contributed by atoms with Gasteiger partial charge in [-0.25, -0.2) is 0 Å². The highest BCUT2D eigenvalue weighted by atomic mass is 16.2. The van der Waals surface area contributed by atoms with Crippen molar-refractivity contribution in [3.05, 3.63) is 0 Å². The highest BCUT2D eigenvalue weighted by Gasteiger charge is 2.42. The number of carbonyl (C=O) groups is 2. The van der Waals surface area contributed by atoms with Crippen LogP contribution in [-0.2, 0) is 9.59 Å². The number of amides is 2. The van der Waals surface area contributed by atoms with E-state index in [0.29, 0.717) is 0 Å². The van der Waals surface area contributed by atoms with Crippen molar-refractivity contribution in [3.8, 4) is 0 Å². The lowest BCUT2D eigenvalue weighted by molar-refractivity contribution is -0.117. The first-order valence-electron chi connectivity index (χ1n) is 10.9. The fourth-order valence-corrected chi connectivity index (χ4v) is 3.83. The largest absolute Gasteiger partial charge is 0.346 e. The Bertz CT molecular complexity index is 622. The minimum atomic E-state index is -0.0737. The summed E-state index contributed by atoms with van der Waals surface area (Å²) >= 11 is 0. The van der Waals surface area contributed by atoms with Gasteiger partial charge in [-0.05, 0) is 21.7 Å². The average Bonchev–Trinajstić information content (AvgIpc) is 2.51. The van der Waals surface area contributed by atoms with Crippen LogP contribution in [-0.4, -0.2) is 48.4 Å². The first kappa shape index (κ1) is 26.3. The number of hydrogen-bond donors (Lipinski definition) is 2. The third-order valence-electron chi connectivity index (χ3n) is 5.57. The van der Waals surface area contributed by atoms with Crippen LogP contribution in [0.1, 0.15) is 83.1 Å². The molecule has 172 valence electrons. The van der Waals surface area contributed by atoms with Gasteiger partial charge in [0.15, 0.2) is 0 Å². The zero-order valence-electron chi connectivity index (χ0n) is 21.2. The van der Waals surface area contributed by atoms with Gasteiger partial charge in [0.25, 0.3) is 11.8 Å². The number of carbonyl (C=O) groups excluding carboxylic acids is 2. The maximum absolute atomic E-state index is 11.3. The van der Waals surface area contributed by atoms with Gasteiger partial charge in [0, 0.05) is 0 Å². The molecule has 0 aliphatic carbocycles. The molecule has 0 aromatic heterocycles. The fraction of sp³-hybridized carbons (Fsp3) is 0.833. The van der Waals surface area contributed by atoms with Crippen LogP contribution in [0.4, 0.5) is 0 Å².